The van der Waals surface area contributed by atoms with Gasteiger partial charge in [0.05, 0.1) is 6.54 Å². The van der Waals surface area contributed by atoms with Gasteiger partial charge in [0.15, 0.2) is 0 Å². The van der Waals surface area contributed by atoms with Crippen LogP contribution in [0.2, 0.25) is 0 Å². The van der Waals surface area contributed by atoms with Crippen LogP contribution in [0.15, 0.2) is 0 Å². The molecule has 0 bridgehead atoms. The van der Waals surface area contributed by atoms with Crippen LogP contribution in [0.1, 0.15) is 71.1 Å². The molecule has 0 saturated heterocycles. The summed E-state index contributed by atoms with van der Waals surface area (Å²) in [5, 5.41) is 12.4. The van der Waals surface area contributed by atoms with Crippen molar-refractivity contribution in [2.45, 2.75) is 83.2 Å². The van der Waals surface area contributed by atoms with E-state index in [0.717, 1.165) is 45.1 Å². The van der Waals surface area contributed by atoms with E-state index in [0.29, 0.717) is 12.0 Å². The first-order valence-electron chi connectivity index (χ1n) is 9.73. The average Bonchev–Trinajstić information content (AvgIpc) is 3.29. The Kier molecular flexibility index (Phi) is 5.48. The van der Waals surface area contributed by atoms with Crippen LogP contribution < -0.4 is 5.32 Å². The Labute approximate surface area is 145 Å². The highest BCUT2D eigenvalue weighted by Gasteiger charge is 2.40. The number of nitrogens with one attached hydrogen (secondary N) is 1. The number of hydrogen-bond acceptors (Lipinski definition) is 3. The van der Waals surface area contributed by atoms with Crippen LogP contribution >= 0.6 is 0 Å². The van der Waals surface area contributed by atoms with E-state index in [1.54, 1.807) is 0 Å². The minimum Gasteiger partial charge on any atom is -0.480 e. The molecule has 0 radical (unpaired) electrons. The molecular weight excluding hydrogens is 304 g/mol. The van der Waals surface area contributed by atoms with Gasteiger partial charge in [0.25, 0.3) is 0 Å². The fraction of sp³-hybridized carbons (Fsp3) is 0.895. The fourth-order valence-electron chi connectivity index (χ4n) is 4.25. The number of nitrogens with zero attached hydrogens (tertiary/aromatic N) is 1. The Bertz CT molecular complexity index is 461. The first-order chi connectivity index (χ1) is 11.5. The zero-order chi connectivity index (χ0) is 17.2. The van der Waals surface area contributed by atoms with Crippen molar-refractivity contribution in [3.8, 4) is 0 Å². The SMILES string of the molecule is CC1(C(=O)NC2CC(N(CC(=O)O)CC3CC3)C2)CCCCCC1. The maximum atomic E-state index is 12.7. The summed E-state index contributed by atoms with van der Waals surface area (Å²) in [4.78, 5) is 25.9. The summed E-state index contributed by atoms with van der Waals surface area (Å²) < 4.78 is 0. The van der Waals surface area contributed by atoms with Gasteiger partial charge in [-0.15, -0.1) is 0 Å². The first kappa shape index (κ1) is 17.7. The molecule has 0 aromatic rings. The van der Waals surface area contributed by atoms with E-state index in [1.807, 2.05) is 0 Å². The number of rotatable bonds is 7. The molecule has 5 heteroatoms. The second kappa shape index (κ2) is 7.42. The minimum atomic E-state index is -0.742. The molecule has 3 rings (SSSR count). The van der Waals surface area contributed by atoms with Crippen molar-refractivity contribution >= 4 is 11.9 Å². The summed E-state index contributed by atoms with van der Waals surface area (Å²) in [6, 6.07) is 0.562. The van der Waals surface area contributed by atoms with E-state index in [9.17, 15) is 9.59 Å². The summed E-state index contributed by atoms with van der Waals surface area (Å²) >= 11 is 0. The second-order valence-corrected chi connectivity index (χ2v) is 8.54. The maximum absolute atomic E-state index is 12.7. The molecule has 3 saturated carbocycles. The zero-order valence-electron chi connectivity index (χ0n) is 14.9. The van der Waals surface area contributed by atoms with Crippen LogP contribution in [0.5, 0.6) is 0 Å². The minimum absolute atomic E-state index is 0.138. The average molecular weight is 336 g/mol. The molecule has 136 valence electrons. The van der Waals surface area contributed by atoms with E-state index < -0.39 is 5.97 Å². The van der Waals surface area contributed by atoms with Gasteiger partial charge < -0.3 is 10.4 Å². The lowest BCUT2D eigenvalue weighted by atomic mass is 9.79. The van der Waals surface area contributed by atoms with E-state index in [-0.39, 0.29) is 23.9 Å². The topological polar surface area (TPSA) is 69.6 Å². The molecule has 3 fully saturated rings. The van der Waals surface area contributed by atoms with Gasteiger partial charge in [-0.05, 0) is 44.4 Å². The van der Waals surface area contributed by atoms with Gasteiger partial charge in [0.1, 0.15) is 0 Å². The molecule has 0 atom stereocenters. The summed E-state index contributed by atoms with van der Waals surface area (Å²) in [5.41, 5.74) is -0.198. The Balaban J connectivity index is 1.46. The van der Waals surface area contributed by atoms with Crippen molar-refractivity contribution in [3.05, 3.63) is 0 Å². The van der Waals surface area contributed by atoms with E-state index >= 15 is 0 Å². The van der Waals surface area contributed by atoms with Crippen LogP contribution in [-0.4, -0.2) is 47.1 Å². The van der Waals surface area contributed by atoms with Gasteiger partial charge in [-0.3, -0.25) is 14.5 Å². The first-order valence-corrected chi connectivity index (χ1v) is 9.73. The number of aliphatic carboxylic acids is 1. The molecule has 0 aliphatic heterocycles. The molecule has 0 unspecified atom stereocenters. The summed E-state index contributed by atoms with van der Waals surface area (Å²) in [6.45, 7) is 3.17. The molecule has 0 aromatic carbocycles. The van der Waals surface area contributed by atoms with Crippen molar-refractivity contribution in [1.82, 2.24) is 10.2 Å². The van der Waals surface area contributed by atoms with Crippen LogP contribution in [-0.2, 0) is 9.59 Å². The smallest absolute Gasteiger partial charge is 0.317 e. The van der Waals surface area contributed by atoms with Gasteiger partial charge in [-0.1, -0.05) is 32.6 Å². The lowest BCUT2D eigenvalue weighted by Gasteiger charge is -2.44. The van der Waals surface area contributed by atoms with Crippen molar-refractivity contribution in [2.75, 3.05) is 13.1 Å². The third-order valence-electron chi connectivity index (χ3n) is 6.25. The van der Waals surface area contributed by atoms with Crippen molar-refractivity contribution in [1.29, 1.82) is 0 Å². The zero-order valence-corrected chi connectivity index (χ0v) is 14.9. The lowest BCUT2D eigenvalue weighted by Crippen LogP contribution is -2.57. The predicted octanol–water partition coefficient (Wildman–Crippen LogP) is 2.79. The molecule has 24 heavy (non-hydrogen) atoms. The maximum Gasteiger partial charge on any atom is 0.317 e. The molecule has 1 amide bonds. The number of amides is 1. The van der Waals surface area contributed by atoms with Crippen LogP contribution in [0.25, 0.3) is 0 Å². The lowest BCUT2D eigenvalue weighted by molar-refractivity contribution is -0.140. The number of carboxylic acid groups (broad SMARTS) is 1. The molecule has 3 aliphatic carbocycles. The quantitative estimate of drug-likeness (QED) is 0.702. The van der Waals surface area contributed by atoms with Gasteiger partial charge in [-0.2, -0.15) is 0 Å². The number of hydrogen-bond donors (Lipinski definition) is 2. The monoisotopic (exact) mass is 336 g/mol. The highest BCUT2D eigenvalue weighted by Crippen LogP contribution is 2.37. The molecule has 5 nitrogen and oxygen atoms in total. The number of carboxylic acids is 1. The highest BCUT2D eigenvalue weighted by molar-refractivity contribution is 5.82. The predicted molar refractivity (Wildman–Crippen MR) is 92.7 cm³/mol. The van der Waals surface area contributed by atoms with Crippen molar-refractivity contribution < 1.29 is 14.7 Å². The third kappa shape index (κ3) is 4.50. The molecular formula is C19H32N2O3. The Morgan fingerprint density at radius 3 is 2.29 bits per heavy atom. The molecule has 2 N–H and O–H groups in total. The van der Waals surface area contributed by atoms with Gasteiger partial charge in [0, 0.05) is 24.0 Å². The van der Waals surface area contributed by atoms with E-state index in [1.165, 1.54) is 25.7 Å². The van der Waals surface area contributed by atoms with Crippen LogP contribution in [0.3, 0.4) is 0 Å². The van der Waals surface area contributed by atoms with Crippen LogP contribution in [0, 0.1) is 11.3 Å². The summed E-state index contributed by atoms with van der Waals surface area (Å²) in [6.07, 6.45) is 11.1. The number of carbonyl (C=O) groups is 2. The summed E-state index contributed by atoms with van der Waals surface area (Å²) in [7, 11) is 0. The molecule has 0 aromatic heterocycles. The van der Waals surface area contributed by atoms with E-state index in [2.05, 4.69) is 17.1 Å². The molecule has 3 aliphatic rings. The van der Waals surface area contributed by atoms with Crippen molar-refractivity contribution in [3.63, 3.8) is 0 Å². The Morgan fingerprint density at radius 2 is 1.75 bits per heavy atom. The summed E-state index contributed by atoms with van der Waals surface area (Å²) in [5.74, 6) is 0.178. The van der Waals surface area contributed by atoms with Crippen molar-refractivity contribution in [2.24, 2.45) is 11.3 Å². The third-order valence-corrected chi connectivity index (χ3v) is 6.25. The van der Waals surface area contributed by atoms with Gasteiger partial charge >= 0.3 is 5.97 Å². The van der Waals surface area contributed by atoms with E-state index in [4.69, 9.17) is 5.11 Å². The molecule has 0 heterocycles. The normalized spacial score (nSPS) is 29.6. The molecule has 0 spiro atoms. The number of carbonyl (C=O) groups excluding carboxylic acids is 1. The van der Waals surface area contributed by atoms with Crippen LogP contribution in [0.4, 0.5) is 0 Å². The Morgan fingerprint density at radius 1 is 1.12 bits per heavy atom. The largest absolute Gasteiger partial charge is 0.480 e. The van der Waals surface area contributed by atoms with Gasteiger partial charge in [0.2, 0.25) is 5.91 Å². The Hall–Kier alpha value is -1.10. The van der Waals surface area contributed by atoms with Gasteiger partial charge in [-0.25, -0.2) is 0 Å². The second-order valence-electron chi connectivity index (χ2n) is 8.54. The fourth-order valence-corrected chi connectivity index (χ4v) is 4.25. The highest BCUT2D eigenvalue weighted by atomic mass is 16.4. The standard InChI is InChI=1S/C19H32N2O3/c1-19(8-4-2-3-5-9-19)18(24)20-15-10-16(11-15)21(13-17(22)23)12-14-6-7-14/h14-16H,2-13H2,1H3,(H,20,24)(H,22,23).